The first-order chi connectivity index (χ1) is 18.0. The summed E-state index contributed by atoms with van der Waals surface area (Å²) in [5, 5.41) is 17.5. The number of carbonyl (C=O) groups excluding carboxylic acids is 2. The molecule has 0 aromatic heterocycles. The van der Waals surface area contributed by atoms with Crippen LogP contribution in [0.2, 0.25) is 5.02 Å². The second-order valence-electron chi connectivity index (χ2n) is 10.3. The van der Waals surface area contributed by atoms with Crippen molar-refractivity contribution in [3.05, 3.63) is 101 Å². The third-order valence-corrected chi connectivity index (χ3v) is 6.22. The van der Waals surface area contributed by atoms with Gasteiger partial charge in [-0.05, 0) is 69.4 Å². The van der Waals surface area contributed by atoms with Crippen LogP contribution in [0.4, 0.5) is 10.5 Å². The van der Waals surface area contributed by atoms with E-state index in [4.69, 9.17) is 22.1 Å². The van der Waals surface area contributed by atoms with E-state index in [0.29, 0.717) is 18.5 Å². The topological polar surface area (TPSA) is 114 Å². The fourth-order valence-electron chi connectivity index (χ4n) is 4.14. The van der Waals surface area contributed by atoms with Crippen LogP contribution in [-0.2, 0) is 17.6 Å². The Morgan fingerprint density at radius 1 is 0.921 bits per heavy atom. The van der Waals surface area contributed by atoms with Gasteiger partial charge in [-0.2, -0.15) is 0 Å². The fourth-order valence-corrected chi connectivity index (χ4v) is 4.34. The largest absolute Gasteiger partial charge is 0.444 e. The third kappa shape index (κ3) is 9.39. The van der Waals surface area contributed by atoms with Gasteiger partial charge in [0, 0.05) is 11.7 Å². The number of halogens is 1. The zero-order valence-electron chi connectivity index (χ0n) is 22.0. The lowest BCUT2D eigenvalue weighted by Crippen LogP contribution is -2.49. The van der Waals surface area contributed by atoms with Crippen molar-refractivity contribution in [1.29, 1.82) is 0 Å². The van der Waals surface area contributed by atoms with Gasteiger partial charge in [0.25, 0.3) is 5.91 Å². The predicted molar refractivity (Wildman–Crippen MR) is 151 cm³/mol. The van der Waals surface area contributed by atoms with Gasteiger partial charge in [0.2, 0.25) is 0 Å². The minimum absolute atomic E-state index is 0.177. The average molecular weight is 538 g/mol. The Bertz CT molecular complexity index is 1200. The highest BCUT2D eigenvalue weighted by Gasteiger charge is 2.28. The maximum atomic E-state index is 13.2. The molecule has 3 unspecified atom stereocenters. The minimum atomic E-state index is -0.998. The van der Waals surface area contributed by atoms with E-state index in [1.165, 1.54) is 6.07 Å². The smallest absolute Gasteiger partial charge is 0.407 e. The lowest BCUT2D eigenvalue weighted by Gasteiger charge is -2.29. The molecule has 0 aliphatic carbocycles. The third-order valence-electron chi connectivity index (χ3n) is 5.89. The fraction of sp³-hybridized carbons (Fsp3) is 0.333. The molecule has 0 bridgehead atoms. The molecular formula is C30H36ClN3O4. The molecule has 5 N–H and O–H groups in total. The van der Waals surface area contributed by atoms with Crippen LogP contribution in [-0.4, -0.2) is 40.9 Å². The summed E-state index contributed by atoms with van der Waals surface area (Å²) in [5.74, 6) is -0.443. The number of amides is 2. The molecule has 3 aromatic carbocycles. The minimum Gasteiger partial charge on any atom is -0.444 e. The van der Waals surface area contributed by atoms with Gasteiger partial charge in [-0.25, -0.2) is 4.79 Å². The molecule has 0 aliphatic heterocycles. The Morgan fingerprint density at radius 3 is 2.08 bits per heavy atom. The second-order valence-corrected chi connectivity index (χ2v) is 10.8. The van der Waals surface area contributed by atoms with Crippen molar-refractivity contribution in [3.8, 4) is 0 Å². The van der Waals surface area contributed by atoms with Crippen molar-refractivity contribution in [2.45, 2.75) is 63.8 Å². The van der Waals surface area contributed by atoms with Crippen LogP contribution < -0.4 is 16.4 Å². The number of alkyl carbamates (subject to hydrolysis) is 1. The van der Waals surface area contributed by atoms with Crippen molar-refractivity contribution >= 4 is 29.3 Å². The first kappa shape index (κ1) is 29.0. The maximum Gasteiger partial charge on any atom is 0.407 e. The average Bonchev–Trinajstić information content (AvgIpc) is 2.85. The molecule has 3 aromatic rings. The molecule has 202 valence electrons. The molecule has 0 saturated heterocycles. The first-order valence-corrected chi connectivity index (χ1v) is 13.0. The van der Waals surface area contributed by atoms with Gasteiger partial charge in [-0.3, -0.25) is 4.79 Å². The summed E-state index contributed by atoms with van der Waals surface area (Å²) in [5.41, 5.74) is 7.77. The van der Waals surface area contributed by atoms with Crippen LogP contribution in [0.1, 0.15) is 48.7 Å². The summed E-state index contributed by atoms with van der Waals surface area (Å²) in [6, 6.07) is 22.8. The van der Waals surface area contributed by atoms with E-state index in [1.807, 2.05) is 60.7 Å². The van der Waals surface area contributed by atoms with E-state index in [1.54, 1.807) is 32.9 Å². The SMILES string of the molecule is CC(C)(C)OC(=O)NC(Cc1ccccc1)CC(O)C(Cc1ccccc1)NC(=O)c1cc(N)ccc1Cl. The Morgan fingerprint density at radius 2 is 1.50 bits per heavy atom. The standard InChI is InChI=1S/C30H36ClN3O4/c1-30(2,3)38-29(37)33-23(16-20-10-6-4-7-11-20)19-27(35)26(17-21-12-8-5-9-13-21)34-28(36)24-18-22(32)14-15-25(24)31/h4-15,18,23,26-27,35H,16-17,19,32H2,1-3H3,(H,33,37)(H,34,36). The quantitative estimate of drug-likeness (QED) is 0.267. The van der Waals surface area contributed by atoms with E-state index in [2.05, 4.69) is 10.6 Å². The molecule has 38 heavy (non-hydrogen) atoms. The number of nitrogens with one attached hydrogen (secondary N) is 2. The molecule has 8 heteroatoms. The first-order valence-electron chi connectivity index (χ1n) is 12.6. The van der Waals surface area contributed by atoms with Crippen molar-refractivity contribution < 1.29 is 19.4 Å². The molecule has 2 amide bonds. The van der Waals surface area contributed by atoms with Crippen molar-refractivity contribution in [1.82, 2.24) is 10.6 Å². The number of aliphatic hydroxyl groups excluding tert-OH is 1. The summed E-state index contributed by atoms with van der Waals surface area (Å²) in [6.07, 6.45) is -0.540. The molecule has 3 atom stereocenters. The molecule has 3 rings (SSSR count). The summed E-state index contributed by atoms with van der Waals surface area (Å²) in [7, 11) is 0. The molecule has 0 spiro atoms. The van der Waals surface area contributed by atoms with Gasteiger partial charge in [-0.15, -0.1) is 0 Å². The highest BCUT2D eigenvalue weighted by atomic mass is 35.5. The van der Waals surface area contributed by atoms with Gasteiger partial charge < -0.3 is 26.2 Å². The zero-order chi connectivity index (χ0) is 27.7. The van der Waals surface area contributed by atoms with E-state index in [-0.39, 0.29) is 17.0 Å². The number of benzene rings is 3. The second kappa shape index (κ2) is 13.3. The number of hydrogen-bond acceptors (Lipinski definition) is 5. The molecular weight excluding hydrogens is 502 g/mol. The Hall–Kier alpha value is -3.55. The van der Waals surface area contributed by atoms with Gasteiger partial charge in [0.1, 0.15) is 5.60 Å². The number of nitrogens with two attached hydrogens (primary N) is 1. The maximum absolute atomic E-state index is 13.2. The van der Waals surface area contributed by atoms with E-state index in [9.17, 15) is 14.7 Å². The van der Waals surface area contributed by atoms with Crippen molar-refractivity contribution in [2.75, 3.05) is 5.73 Å². The summed E-state index contributed by atoms with van der Waals surface area (Å²) >= 11 is 6.26. The number of aliphatic hydroxyl groups is 1. The molecule has 0 radical (unpaired) electrons. The lowest BCUT2D eigenvalue weighted by molar-refractivity contribution is 0.0463. The van der Waals surface area contributed by atoms with Crippen LogP contribution in [0.15, 0.2) is 78.9 Å². The van der Waals surface area contributed by atoms with Crippen LogP contribution >= 0.6 is 11.6 Å². The number of hydrogen-bond donors (Lipinski definition) is 4. The molecule has 0 heterocycles. The van der Waals surface area contributed by atoms with E-state index in [0.717, 1.165) is 11.1 Å². The van der Waals surface area contributed by atoms with Crippen LogP contribution in [0, 0.1) is 0 Å². The molecule has 0 fully saturated rings. The Labute approximate surface area is 229 Å². The zero-order valence-corrected chi connectivity index (χ0v) is 22.7. The molecule has 0 aliphatic rings. The normalized spacial score (nSPS) is 13.7. The number of nitrogen functional groups attached to an aromatic ring is 1. The van der Waals surface area contributed by atoms with Gasteiger partial charge in [0.15, 0.2) is 0 Å². The number of rotatable bonds is 10. The van der Waals surface area contributed by atoms with E-state index >= 15 is 0 Å². The summed E-state index contributed by atoms with van der Waals surface area (Å²) < 4.78 is 5.46. The van der Waals surface area contributed by atoms with Crippen molar-refractivity contribution in [2.24, 2.45) is 0 Å². The highest BCUT2D eigenvalue weighted by molar-refractivity contribution is 6.34. The molecule has 0 saturated carbocycles. The number of anilines is 1. The monoisotopic (exact) mass is 537 g/mol. The lowest BCUT2D eigenvalue weighted by atomic mass is 9.93. The van der Waals surface area contributed by atoms with Crippen molar-refractivity contribution in [3.63, 3.8) is 0 Å². The number of ether oxygens (including phenoxy) is 1. The predicted octanol–water partition coefficient (Wildman–Crippen LogP) is 5.15. The van der Waals surface area contributed by atoms with Crippen LogP contribution in [0.3, 0.4) is 0 Å². The number of carbonyl (C=O) groups is 2. The summed E-state index contributed by atoms with van der Waals surface area (Å²) in [4.78, 5) is 25.8. The van der Waals surface area contributed by atoms with Gasteiger partial charge >= 0.3 is 6.09 Å². The van der Waals surface area contributed by atoms with Gasteiger partial charge in [0.05, 0.1) is 22.7 Å². The van der Waals surface area contributed by atoms with Gasteiger partial charge in [-0.1, -0.05) is 72.3 Å². The Balaban J connectivity index is 1.83. The molecule has 7 nitrogen and oxygen atoms in total. The highest BCUT2D eigenvalue weighted by Crippen LogP contribution is 2.20. The van der Waals surface area contributed by atoms with Crippen LogP contribution in [0.25, 0.3) is 0 Å². The Kier molecular flexibility index (Phi) is 10.2. The summed E-state index contributed by atoms with van der Waals surface area (Å²) in [6.45, 7) is 5.38. The van der Waals surface area contributed by atoms with E-state index < -0.39 is 35.8 Å². The van der Waals surface area contributed by atoms with Crippen LogP contribution in [0.5, 0.6) is 0 Å².